The van der Waals surface area contributed by atoms with Crippen LogP contribution in [0.25, 0.3) is 0 Å². The molecule has 164 valence electrons. The predicted molar refractivity (Wildman–Crippen MR) is 110 cm³/mol. The average Bonchev–Trinajstić information content (AvgIpc) is 2.60. The Morgan fingerprint density at radius 3 is 2.00 bits per heavy atom. The molecule has 0 spiro atoms. The molecule has 0 amide bonds. The normalized spacial score (nSPS) is 30.0. The number of carbonyl (C=O) groups is 2. The van der Waals surface area contributed by atoms with E-state index in [1.807, 2.05) is 6.92 Å². The van der Waals surface area contributed by atoms with Crippen molar-refractivity contribution in [1.29, 1.82) is 0 Å². The van der Waals surface area contributed by atoms with E-state index in [-0.39, 0.29) is 11.6 Å². The monoisotopic (exact) mass is 408 g/mol. The highest BCUT2D eigenvalue weighted by Gasteiger charge is 2.53. The Balaban J connectivity index is 0.000000213. The lowest BCUT2D eigenvalue weighted by Gasteiger charge is -2.55. The summed E-state index contributed by atoms with van der Waals surface area (Å²) in [4.78, 5) is 22.4. The summed E-state index contributed by atoms with van der Waals surface area (Å²) in [5, 5.41) is 8.62. The first-order valence-electron chi connectivity index (χ1n) is 10.7. The van der Waals surface area contributed by atoms with Crippen molar-refractivity contribution in [1.82, 2.24) is 0 Å². The molecule has 4 saturated carbocycles. The fraction of sp³-hybridized carbons (Fsp3) is 0.739. The van der Waals surface area contributed by atoms with Crippen LogP contribution in [0.5, 0.6) is 0 Å². The molecule has 0 aromatic heterocycles. The number of carbonyl (C=O) groups excluding carboxylic acids is 2. The lowest BCUT2D eigenvalue weighted by molar-refractivity contribution is -0.182. The topological polar surface area (TPSA) is 82.1 Å². The van der Waals surface area contributed by atoms with Gasteiger partial charge in [-0.05, 0) is 83.1 Å². The molecule has 0 aromatic rings. The largest absolute Gasteiger partial charge is 0.502 e. The molecule has 0 heterocycles. The van der Waals surface area contributed by atoms with E-state index in [0.29, 0.717) is 12.2 Å². The van der Waals surface area contributed by atoms with Gasteiger partial charge in [-0.2, -0.15) is 0 Å². The summed E-state index contributed by atoms with van der Waals surface area (Å²) in [7, 11) is 0. The lowest BCUT2D eigenvalue weighted by atomic mass is 9.54. The highest BCUT2D eigenvalue weighted by atomic mass is 16.7. The quantitative estimate of drug-likeness (QED) is 0.203. The molecule has 0 aliphatic heterocycles. The predicted octanol–water partition coefficient (Wildman–Crippen LogP) is 4.84. The van der Waals surface area contributed by atoms with E-state index in [9.17, 15) is 9.59 Å². The number of aliphatic hydroxyl groups excluding tert-OH is 1. The van der Waals surface area contributed by atoms with Crippen molar-refractivity contribution in [2.75, 3.05) is 6.61 Å². The molecule has 1 atom stereocenters. The van der Waals surface area contributed by atoms with Crippen LogP contribution >= 0.6 is 0 Å². The van der Waals surface area contributed by atoms with Crippen molar-refractivity contribution >= 4 is 11.9 Å². The summed E-state index contributed by atoms with van der Waals surface area (Å²) in [5.74, 6) is 0.842. The molecule has 4 aliphatic carbocycles. The third-order valence-electron chi connectivity index (χ3n) is 6.00. The average molecular weight is 409 g/mol. The van der Waals surface area contributed by atoms with Gasteiger partial charge in [0.25, 0.3) is 0 Å². The zero-order chi connectivity index (χ0) is 21.6. The third-order valence-corrected chi connectivity index (χ3v) is 6.00. The van der Waals surface area contributed by atoms with Crippen LogP contribution in [0, 0.1) is 17.8 Å². The number of esters is 2. The lowest BCUT2D eigenvalue weighted by Crippen LogP contribution is -2.52. The standard InChI is InChI=1S/C14H20O2.C9H16O4/c1-9(2)13(15)16-14-6-10-3-11(7-14)5-12(4-10)8-14;1-4-5-6-12-8(3)13-9(11)7(2)10/h10-12H,1,3-8H2,2H3;8,10H,2,4-6H2,1,3H3. The molecular weight excluding hydrogens is 372 g/mol. The Morgan fingerprint density at radius 1 is 1.07 bits per heavy atom. The Kier molecular flexibility index (Phi) is 8.32. The van der Waals surface area contributed by atoms with Crippen LogP contribution in [0.1, 0.15) is 72.1 Å². The number of aliphatic hydroxyl groups is 1. The first kappa shape index (κ1) is 23.5. The molecule has 0 aromatic carbocycles. The van der Waals surface area contributed by atoms with Crippen molar-refractivity contribution in [3.05, 3.63) is 24.5 Å². The van der Waals surface area contributed by atoms with Gasteiger partial charge in [0.05, 0.1) is 6.61 Å². The van der Waals surface area contributed by atoms with Crippen LogP contribution in [0.15, 0.2) is 24.5 Å². The van der Waals surface area contributed by atoms with E-state index in [4.69, 9.17) is 14.6 Å². The maximum atomic E-state index is 11.7. The number of ether oxygens (including phenoxy) is 3. The van der Waals surface area contributed by atoms with Crippen LogP contribution in [0.3, 0.4) is 0 Å². The minimum Gasteiger partial charge on any atom is -0.502 e. The van der Waals surface area contributed by atoms with E-state index in [0.717, 1.165) is 49.9 Å². The van der Waals surface area contributed by atoms with Crippen molar-refractivity contribution in [2.24, 2.45) is 17.8 Å². The molecule has 4 bridgehead atoms. The maximum absolute atomic E-state index is 11.7. The van der Waals surface area contributed by atoms with Crippen LogP contribution in [0.4, 0.5) is 0 Å². The molecule has 1 N–H and O–H groups in total. The van der Waals surface area contributed by atoms with Gasteiger partial charge in [0.2, 0.25) is 6.29 Å². The van der Waals surface area contributed by atoms with Gasteiger partial charge in [0, 0.05) is 5.57 Å². The second-order valence-corrected chi connectivity index (χ2v) is 8.91. The van der Waals surface area contributed by atoms with Gasteiger partial charge in [-0.1, -0.05) is 19.9 Å². The Labute approximate surface area is 174 Å². The fourth-order valence-corrected chi connectivity index (χ4v) is 5.09. The van der Waals surface area contributed by atoms with Gasteiger partial charge < -0.3 is 19.3 Å². The van der Waals surface area contributed by atoms with Gasteiger partial charge in [0.15, 0.2) is 5.76 Å². The first-order chi connectivity index (χ1) is 13.6. The van der Waals surface area contributed by atoms with Gasteiger partial charge in [0.1, 0.15) is 5.60 Å². The molecule has 4 aliphatic rings. The number of rotatable bonds is 8. The zero-order valence-corrected chi connectivity index (χ0v) is 18.1. The summed E-state index contributed by atoms with van der Waals surface area (Å²) >= 11 is 0. The van der Waals surface area contributed by atoms with E-state index in [1.54, 1.807) is 13.8 Å². The summed E-state index contributed by atoms with van der Waals surface area (Å²) in [5.41, 5.74) is 0.431. The van der Waals surface area contributed by atoms with Gasteiger partial charge in [-0.3, -0.25) is 0 Å². The van der Waals surface area contributed by atoms with Crippen molar-refractivity contribution in [2.45, 2.75) is 84.0 Å². The second kappa shape index (κ2) is 10.3. The van der Waals surface area contributed by atoms with Crippen molar-refractivity contribution in [3.8, 4) is 0 Å². The smallest absolute Gasteiger partial charge is 0.375 e. The Morgan fingerprint density at radius 2 is 1.59 bits per heavy atom. The highest BCUT2D eigenvalue weighted by Crippen LogP contribution is 2.57. The minimum atomic E-state index is -0.844. The van der Waals surface area contributed by atoms with Gasteiger partial charge in [-0.25, -0.2) is 9.59 Å². The molecule has 1 unspecified atom stereocenters. The first-order valence-corrected chi connectivity index (χ1v) is 10.7. The molecule has 4 fully saturated rings. The fourth-order valence-electron chi connectivity index (χ4n) is 5.09. The maximum Gasteiger partial charge on any atom is 0.375 e. The van der Waals surface area contributed by atoms with Crippen LogP contribution in [-0.4, -0.2) is 35.5 Å². The van der Waals surface area contributed by atoms with Crippen molar-refractivity contribution in [3.63, 3.8) is 0 Å². The SMILES string of the molecule is C=C(C)C(=O)OC12CC3CC(CC(C3)C1)C2.C=C(O)C(=O)OC(C)OCCCC. The molecule has 0 radical (unpaired) electrons. The van der Waals surface area contributed by atoms with Gasteiger partial charge >= 0.3 is 11.9 Å². The minimum absolute atomic E-state index is 0.106. The van der Waals surface area contributed by atoms with Crippen molar-refractivity contribution < 1.29 is 28.9 Å². The summed E-state index contributed by atoms with van der Waals surface area (Å²) in [6.07, 6.45) is 8.77. The molecule has 6 nitrogen and oxygen atoms in total. The zero-order valence-electron chi connectivity index (χ0n) is 18.1. The van der Waals surface area contributed by atoms with E-state index in [1.165, 1.54) is 19.3 Å². The summed E-state index contributed by atoms with van der Waals surface area (Å²) in [6.45, 7) is 12.6. The van der Waals surface area contributed by atoms with Crippen LogP contribution in [-0.2, 0) is 23.8 Å². The molecule has 6 heteroatoms. The molecular formula is C23H36O6. The van der Waals surface area contributed by atoms with Crippen LogP contribution in [0.2, 0.25) is 0 Å². The van der Waals surface area contributed by atoms with Crippen LogP contribution < -0.4 is 0 Å². The van der Waals surface area contributed by atoms with Gasteiger partial charge in [-0.15, -0.1) is 0 Å². The molecule has 29 heavy (non-hydrogen) atoms. The molecule has 4 rings (SSSR count). The Hall–Kier alpha value is -1.82. The van der Waals surface area contributed by atoms with E-state index in [2.05, 4.69) is 17.9 Å². The van der Waals surface area contributed by atoms with E-state index >= 15 is 0 Å². The molecule has 0 saturated heterocycles. The number of hydrogen-bond acceptors (Lipinski definition) is 6. The Bertz CT molecular complexity index is 588. The second-order valence-electron chi connectivity index (χ2n) is 8.91. The summed E-state index contributed by atoms with van der Waals surface area (Å²) < 4.78 is 15.5. The van der Waals surface area contributed by atoms with E-state index < -0.39 is 18.0 Å². The highest BCUT2D eigenvalue weighted by molar-refractivity contribution is 5.87. The third kappa shape index (κ3) is 6.88. The number of hydrogen-bond donors (Lipinski definition) is 1. The summed E-state index contributed by atoms with van der Waals surface area (Å²) in [6, 6.07) is 0. The number of unbranched alkanes of at least 4 members (excludes halogenated alkanes) is 1.